The summed E-state index contributed by atoms with van der Waals surface area (Å²) in [6.07, 6.45) is 1.65. The van der Waals surface area contributed by atoms with Gasteiger partial charge in [-0.3, -0.25) is 19.3 Å². The van der Waals surface area contributed by atoms with E-state index in [2.05, 4.69) is 5.32 Å². The third kappa shape index (κ3) is 5.31. The van der Waals surface area contributed by atoms with E-state index in [1.807, 2.05) is 91.0 Å². The number of carbonyl (C=O) groups is 3. The first-order chi connectivity index (χ1) is 17.6. The SMILES string of the molecule is O=C(CN1C(=O)S/C(=C/c2ccc(OCc3ccccc3)cc2)C1=O)Nc1cccc2ccccc12. The quantitative estimate of drug-likeness (QED) is 0.315. The van der Waals surface area contributed by atoms with E-state index in [0.717, 1.165) is 38.6 Å². The maximum absolute atomic E-state index is 12.9. The van der Waals surface area contributed by atoms with Crippen LogP contribution in [0.15, 0.2) is 102 Å². The summed E-state index contributed by atoms with van der Waals surface area (Å²) in [5.74, 6) is -0.216. The third-order valence-corrected chi connectivity index (χ3v) is 6.57. The number of ether oxygens (including phenoxy) is 1. The highest BCUT2D eigenvalue weighted by Gasteiger charge is 2.36. The highest BCUT2D eigenvalue weighted by atomic mass is 32.2. The van der Waals surface area contributed by atoms with Crippen LogP contribution in [0.5, 0.6) is 5.75 Å². The molecular formula is C29H22N2O4S. The van der Waals surface area contributed by atoms with Gasteiger partial charge in [-0.05, 0) is 52.6 Å². The molecular weight excluding hydrogens is 472 g/mol. The van der Waals surface area contributed by atoms with Crippen molar-refractivity contribution in [2.45, 2.75) is 6.61 Å². The zero-order valence-corrected chi connectivity index (χ0v) is 20.0. The molecule has 0 radical (unpaired) electrons. The number of thioether (sulfide) groups is 1. The summed E-state index contributed by atoms with van der Waals surface area (Å²) >= 11 is 0.826. The minimum absolute atomic E-state index is 0.274. The third-order valence-electron chi connectivity index (χ3n) is 5.67. The molecule has 6 nitrogen and oxygen atoms in total. The summed E-state index contributed by atoms with van der Waals surface area (Å²) in [6, 6.07) is 30.4. The van der Waals surface area contributed by atoms with Gasteiger partial charge in [0, 0.05) is 11.1 Å². The average molecular weight is 495 g/mol. The maximum atomic E-state index is 12.9. The molecule has 0 aliphatic carbocycles. The van der Waals surface area contributed by atoms with Crippen molar-refractivity contribution >= 4 is 51.4 Å². The van der Waals surface area contributed by atoms with Crippen LogP contribution in [0.3, 0.4) is 0 Å². The average Bonchev–Trinajstić information content (AvgIpc) is 3.16. The van der Waals surface area contributed by atoms with Crippen molar-refractivity contribution in [3.63, 3.8) is 0 Å². The van der Waals surface area contributed by atoms with Crippen molar-refractivity contribution in [3.8, 4) is 5.75 Å². The van der Waals surface area contributed by atoms with Crippen LogP contribution in [0.2, 0.25) is 0 Å². The first-order valence-electron chi connectivity index (χ1n) is 11.4. The zero-order chi connectivity index (χ0) is 24.9. The van der Waals surface area contributed by atoms with Gasteiger partial charge >= 0.3 is 0 Å². The predicted molar refractivity (Wildman–Crippen MR) is 142 cm³/mol. The fourth-order valence-electron chi connectivity index (χ4n) is 3.86. The van der Waals surface area contributed by atoms with Crippen molar-refractivity contribution in [2.24, 2.45) is 0 Å². The number of carbonyl (C=O) groups excluding carboxylic acids is 3. The molecule has 178 valence electrons. The van der Waals surface area contributed by atoms with Gasteiger partial charge in [0.15, 0.2) is 0 Å². The first kappa shape index (κ1) is 23.4. The van der Waals surface area contributed by atoms with E-state index in [-0.39, 0.29) is 11.4 Å². The molecule has 0 unspecified atom stereocenters. The van der Waals surface area contributed by atoms with E-state index in [1.54, 1.807) is 12.1 Å². The van der Waals surface area contributed by atoms with Gasteiger partial charge in [0.2, 0.25) is 5.91 Å². The second-order valence-electron chi connectivity index (χ2n) is 8.19. The second kappa shape index (κ2) is 10.5. The number of rotatable bonds is 7. The van der Waals surface area contributed by atoms with Crippen LogP contribution in [0.1, 0.15) is 11.1 Å². The molecule has 7 heteroatoms. The number of imide groups is 1. The highest BCUT2D eigenvalue weighted by molar-refractivity contribution is 8.18. The monoisotopic (exact) mass is 494 g/mol. The van der Waals surface area contributed by atoms with Crippen LogP contribution < -0.4 is 10.1 Å². The van der Waals surface area contributed by atoms with Crippen LogP contribution in [-0.2, 0) is 16.2 Å². The van der Waals surface area contributed by atoms with Crippen molar-refractivity contribution in [2.75, 3.05) is 11.9 Å². The molecule has 0 bridgehead atoms. The Morgan fingerprint density at radius 3 is 2.39 bits per heavy atom. The van der Waals surface area contributed by atoms with Crippen molar-refractivity contribution in [1.82, 2.24) is 4.90 Å². The number of hydrogen-bond acceptors (Lipinski definition) is 5. The Morgan fingerprint density at radius 2 is 1.58 bits per heavy atom. The standard InChI is InChI=1S/C29H22N2O4S/c32-27(30-25-12-6-10-22-9-4-5-11-24(22)25)18-31-28(33)26(36-29(31)34)17-20-13-15-23(16-14-20)35-19-21-7-2-1-3-8-21/h1-17H,18-19H2,(H,30,32)/b26-17+. The number of benzene rings is 4. The molecule has 0 aromatic heterocycles. The van der Waals surface area contributed by atoms with Crippen LogP contribution in [0, 0.1) is 0 Å². The normalized spacial score (nSPS) is 14.4. The molecule has 4 aromatic carbocycles. The summed E-state index contributed by atoms with van der Waals surface area (Å²) in [6.45, 7) is 0.109. The molecule has 3 amide bonds. The van der Waals surface area contributed by atoms with Crippen molar-refractivity contribution in [1.29, 1.82) is 0 Å². The lowest BCUT2D eigenvalue weighted by molar-refractivity contribution is -0.127. The minimum atomic E-state index is -0.484. The lowest BCUT2D eigenvalue weighted by Gasteiger charge is -2.13. The molecule has 1 aliphatic rings. The summed E-state index contributed by atoms with van der Waals surface area (Å²) < 4.78 is 5.79. The van der Waals surface area contributed by atoms with Gasteiger partial charge < -0.3 is 10.1 Å². The van der Waals surface area contributed by atoms with Gasteiger partial charge in [0.25, 0.3) is 11.1 Å². The summed E-state index contributed by atoms with van der Waals surface area (Å²) in [4.78, 5) is 39.3. The molecule has 1 fully saturated rings. The Balaban J connectivity index is 1.22. The Kier molecular flexibility index (Phi) is 6.82. The Hall–Kier alpha value is -4.36. The van der Waals surface area contributed by atoms with E-state index < -0.39 is 17.1 Å². The topological polar surface area (TPSA) is 75.7 Å². The van der Waals surface area contributed by atoms with Crippen molar-refractivity contribution in [3.05, 3.63) is 113 Å². The van der Waals surface area contributed by atoms with Gasteiger partial charge in [-0.2, -0.15) is 0 Å². The van der Waals surface area contributed by atoms with E-state index in [4.69, 9.17) is 4.74 Å². The molecule has 0 spiro atoms. The van der Waals surface area contributed by atoms with E-state index >= 15 is 0 Å². The first-order valence-corrected chi connectivity index (χ1v) is 12.2. The Bertz CT molecular complexity index is 1460. The fraction of sp³-hybridized carbons (Fsp3) is 0.0690. The van der Waals surface area contributed by atoms with E-state index in [0.29, 0.717) is 18.0 Å². The zero-order valence-electron chi connectivity index (χ0n) is 19.2. The van der Waals surface area contributed by atoms with Crippen molar-refractivity contribution < 1.29 is 19.1 Å². The van der Waals surface area contributed by atoms with Gasteiger partial charge in [0.05, 0.1) is 4.91 Å². The number of nitrogens with zero attached hydrogens (tertiary/aromatic N) is 1. The molecule has 1 aliphatic heterocycles. The number of fused-ring (bicyclic) bond motifs is 1. The van der Waals surface area contributed by atoms with Gasteiger partial charge in [-0.25, -0.2) is 0 Å². The molecule has 0 atom stereocenters. The smallest absolute Gasteiger partial charge is 0.294 e. The summed E-state index contributed by atoms with van der Waals surface area (Å²) in [5, 5.41) is 4.22. The molecule has 1 heterocycles. The van der Waals surface area contributed by atoms with Crippen LogP contribution in [-0.4, -0.2) is 28.5 Å². The van der Waals surface area contributed by atoms with Crippen LogP contribution in [0.25, 0.3) is 16.8 Å². The van der Waals surface area contributed by atoms with Gasteiger partial charge in [-0.1, -0.05) is 78.9 Å². The fourth-order valence-corrected chi connectivity index (χ4v) is 4.69. The number of nitrogens with one attached hydrogen (secondary N) is 1. The molecule has 5 rings (SSSR count). The lowest BCUT2D eigenvalue weighted by Crippen LogP contribution is -2.36. The molecule has 1 saturated heterocycles. The minimum Gasteiger partial charge on any atom is -0.489 e. The molecule has 36 heavy (non-hydrogen) atoms. The lowest BCUT2D eigenvalue weighted by atomic mass is 10.1. The predicted octanol–water partition coefficient (Wildman–Crippen LogP) is 6.09. The highest BCUT2D eigenvalue weighted by Crippen LogP contribution is 2.32. The molecule has 0 saturated carbocycles. The molecule has 1 N–H and O–H groups in total. The number of amides is 3. The Morgan fingerprint density at radius 1 is 0.861 bits per heavy atom. The second-order valence-corrected chi connectivity index (χ2v) is 9.18. The number of hydrogen-bond donors (Lipinski definition) is 1. The molecule has 4 aromatic rings. The maximum Gasteiger partial charge on any atom is 0.294 e. The largest absolute Gasteiger partial charge is 0.489 e. The number of anilines is 1. The summed E-state index contributed by atoms with van der Waals surface area (Å²) in [5.41, 5.74) is 2.46. The Labute approximate surface area is 212 Å². The van der Waals surface area contributed by atoms with Crippen LogP contribution >= 0.6 is 11.8 Å². The van der Waals surface area contributed by atoms with Crippen LogP contribution in [0.4, 0.5) is 10.5 Å². The van der Waals surface area contributed by atoms with Gasteiger partial charge in [0.1, 0.15) is 18.9 Å². The summed E-state index contributed by atoms with van der Waals surface area (Å²) in [7, 11) is 0. The van der Waals surface area contributed by atoms with E-state index in [9.17, 15) is 14.4 Å². The van der Waals surface area contributed by atoms with E-state index in [1.165, 1.54) is 0 Å². The van der Waals surface area contributed by atoms with Gasteiger partial charge in [-0.15, -0.1) is 0 Å².